The summed E-state index contributed by atoms with van der Waals surface area (Å²) >= 11 is 0. The van der Waals surface area contributed by atoms with Crippen molar-refractivity contribution in [1.82, 2.24) is 4.90 Å². The Morgan fingerprint density at radius 2 is 1.70 bits per heavy atom. The lowest BCUT2D eigenvalue weighted by Crippen LogP contribution is -2.44. The second-order valence-corrected chi connectivity index (χ2v) is 15.5. The molecule has 0 aromatic heterocycles. The molecule has 1 heterocycles. The first-order valence-electron chi connectivity index (χ1n) is 15.3. The van der Waals surface area contributed by atoms with Crippen LogP contribution in [0, 0.1) is 46.3 Å². The number of nitrogens with zero attached hydrogens (tertiary/aromatic N) is 1. The maximum Gasteiger partial charge on any atom is 0.222 e. The molecule has 0 bridgehead atoms. The zero-order valence-corrected chi connectivity index (χ0v) is 25.4. The highest BCUT2D eigenvalue weighted by atomic mass is 16.2. The molecule has 4 rings (SSSR count). The summed E-state index contributed by atoms with van der Waals surface area (Å²) in [6.07, 6.45) is 11.3. The average Bonchev–Trinajstić information content (AvgIpc) is 3.30. The molecule has 206 valence electrons. The van der Waals surface area contributed by atoms with Crippen LogP contribution < -0.4 is 0 Å². The van der Waals surface area contributed by atoms with Gasteiger partial charge in [-0.05, 0) is 89.6 Å². The SMILES string of the molecule is CC(CC(=O)N1CCC2(C=Cc3ccccc32)CC1)CC(C)C1CC(C)C(C(C)(C)CC(C)(C)C)C1C. The van der Waals surface area contributed by atoms with E-state index in [0.717, 1.165) is 49.6 Å². The van der Waals surface area contributed by atoms with Gasteiger partial charge in [0.2, 0.25) is 5.91 Å². The highest BCUT2D eigenvalue weighted by Gasteiger charge is 2.48. The Bertz CT molecular complexity index is 973. The molecule has 1 aliphatic heterocycles. The van der Waals surface area contributed by atoms with Crippen LogP contribution in [0.3, 0.4) is 0 Å². The Labute approximate surface area is 228 Å². The number of amides is 1. The molecule has 1 saturated carbocycles. The molecule has 2 nitrogen and oxygen atoms in total. The Morgan fingerprint density at radius 3 is 2.35 bits per heavy atom. The van der Waals surface area contributed by atoms with E-state index in [2.05, 4.69) is 104 Å². The Hall–Kier alpha value is -1.57. The maximum atomic E-state index is 13.3. The van der Waals surface area contributed by atoms with Gasteiger partial charge in [-0.25, -0.2) is 0 Å². The predicted octanol–water partition coefficient (Wildman–Crippen LogP) is 9.00. The number of fused-ring (bicyclic) bond motifs is 2. The van der Waals surface area contributed by atoms with Crippen molar-refractivity contribution in [3.63, 3.8) is 0 Å². The van der Waals surface area contributed by atoms with Crippen molar-refractivity contribution in [2.45, 2.75) is 106 Å². The molecule has 1 amide bonds. The lowest BCUT2D eigenvalue weighted by atomic mass is 9.63. The molecule has 2 fully saturated rings. The van der Waals surface area contributed by atoms with Gasteiger partial charge in [0, 0.05) is 24.9 Å². The summed E-state index contributed by atoms with van der Waals surface area (Å²) in [4.78, 5) is 15.5. The normalized spacial score (nSPS) is 28.9. The van der Waals surface area contributed by atoms with Crippen LogP contribution in [0.5, 0.6) is 0 Å². The van der Waals surface area contributed by atoms with Crippen LogP contribution in [0.15, 0.2) is 30.3 Å². The van der Waals surface area contributed by atoms with E-state index in [1.54, 1.807) is 0 Å². The van der Waals surface area contributed by atoms with Crippen LogP contribution in [0.4, 0.5) is 0 Å². The molecular weight excluding hydrogens is 450 g/mol. The van der Waals surface area contributed by atoms with Crippen molar-refractivity contribution in [3.8, 4) is 0 Å². The molecular formula is C35H55NO. The zero-order valence-electron chi connectivity index (χ0n) is 25.4. The summed E-state index contributed by atoms with van der Waals surface area (Å²) in [5, 5.41) is 0. The summed E-state index contributed by atoms with van der Waals surface area (Å²) in [5.41, 5.74) is 3.72. The van der Waals surface area contributed by atoms with Gasteiger partial charge in [-0.3, -0.25) is 4.79 Å². The number of benzene rings is 1. The fourth-order valence-electron chi connectivity index (χ4n) is 9.64. The van der Waals surface area contributed by atoms with Gasteiger partial charge < -0.3 is 4.90 Å². The monoisotopic (exact) mass is 505 g/mol. The van der Waals surface area contributed by atoms with Crippen molar-refractivity contribution >= 4 is 12.0 Å². The largest absolute Gasteiger partial charge is 0.343 e. The van der Waals surface area contributed by atoms with E-state index in [0.29, 0.717) is 35.0 Å². The number of likely N-dealkylation sites (tertiary alicyclic amines) is 1. The van der Waals surface area contributed by atoms with Crippen molar-refractivity contribution in [1.29, 1.82) is 0 Å². The molecule has 2 heteroatoms. The fraction of sp³-hybridized carbons (Fsp3) is 0.743. The maximum absolute atomic E-state index is 13.3. The summed E-state index contributed by atoms with van der Waals surface area (Å²) in [6, 6.07) is 8.80. The molecule has 37 heavy (non-hydrogen) atoms. The van der Waals surface area contributed by atoms with Crippen LogP contribution >= 0.6 is 0 Å². The third kappa shape index (κ3) is 6.04. The van der Waals surface area contributed by atoms with Crippen LogP contribution in [-0.4, -0.2) is 23.9 Å². The highest BCUT2D eigenvalue weighted by Crippen LogP contribution is 2.55. The van der Waals surface area contributed by atoms with Crippen LogP contribution in [0.1, 0.15) is 112 Å². The van der Waals surface area contributed by atoms with Crippen LogP contribution in [-0.2, 0) is 10.2 Å². The first kappa shape index (κ1) is 28.4. The number of carbonyl (C=O) groups is 1. The van der Waals surface area contributed by atoms with Crippen LogP contribution in [0.25, 0.3) is 6.08 Å². The number of hydrogen-bond donors (Lipinski definition) is 0. The van der Waals surface area contributed by atoms with Crippen molar-refractivity contribution in [2.75, 3.05) is 13.1 Å². The van der Waals surface area contributed by atoms with E-state index in [1.165, 1.54) is 30.4 Å². The number of carbonyl (C=O) groups excluding carboxylic acids is 1. The van der Waals surface area contributed by atoms with Crippen molar-refractivity contribution < 1.29 is 4.79 Å². The molecule has 1 saturated heterocycles. The third-order valence-electron chi connectivity index (χ3n) is 10.5. The first-order valence-corrected chi connectivity index (χ1v) is 15.3. The van der Waals surface area contributed by atoms with E-state index in [9.17, 15) is 4.79 Å². The van der Waals surface area contributed by atoms with Gasteiger partial charge in [-0.1, -0.05) is 98.7 Å². The van der Waals surface area contributed by atoms with Gasteiger partial charge >= 0.3 is 0 Å². The summed E-state index contributed by atoms with van der Waals surface area (Å²) < 4.78 is 0. The molecule has 2 aliphatic carbocycles. The number of piperidine rings is 1. The highest BCUT2D eigenvalue weighted by molar-refractivity contribution is 5.77. The Balaban J connectivity index is 1.29. The van der Waals surface area contributed by atoms with E-state index in [4.69, 9.17) is 0 Å². The second kappa shape index (κ2) is 10.5. The summed E-state index contributed by atoms with van der Waals surface area (Å²) in [6.45, 7) is 23.8. The molecule has 6 unspecified atom stereocenters. The number of hydrogen-bond acceptors (Lipinski definition) is 1. The Morgan fingerprint density at radius 1 is 1.05 bits per heavy atom. The predicted molar refractivity (Wildman–Crippen MR) is 158 cm³/mol. The average molecular weight is 506 g/mol. The molecule has 1 aromatic carbocycles. The van der Waals surface area contributed by atoms with Gasteiger partial charge in [0.05, 0.1) is 0 Å². The summed E-state index contributed by atoms with van der Waals surface area (Å²) in [7, 11) is 0. The standard InChI is InChI=1S/C35H55NO/c1-24(20-25(2)29-22-26(3)32(27(29)4)34(8,9)23-33(5,6)7)21-31(37)36-18-16-35(17-19-36)15-14-28-12-10-11-13-30(28)35/h10-15,24-27,29,32H,16-23H2,1-9H3. The molecule has 1 spiro atoms. The number of rotatable bonds is 7. The third-order valence-corrected chi connectivity index (χ3v) is 10.5. The molecule has 0 N–H and O–H groups in total. The molecule has 1 aromatic rings. The minimum Gasteiger partial charge on any atom is -0.343 e. The van der Waals surface area contributed by atoms with E-state index < -0.39 is 0 Å². The quantitative estimate of drug-likeness (QED) is 0.362. The lowest BCUT2D eigenvalue weighted by molar-refractivity contribution is -0.133. The van der Waals surface area contributed by atoms with Crippen molar-refractivity contribution in [3.05, 3.63) is 41.5 Å². The second-order valence-electron chi connectivity index (χ2n) is 15.5. The minimum atomic E-state index is 0.153. The van der Waals surface area contributed by atoms with E-state index >= 15 is 0 Å². The smallest absolute Gasteiger partial charge is 0.222 e. The summed E-state index contributed by atoms with van der Waals surface area (Å²) in [5.74, 6) is 4.61. The van der Waals surface area contributed by atoms with Gasteiger partial charge in [0.1, 0.15) is 0 Å². The fourth-order valence-corrected chi connectivity index (χ4v) is 9.64. The van der Waals surface area contributed by atoms with Crippen molar-refractivity contribution in [2.24, 2.45) is 46.3 Å². The Kier molecular flexibility index (Phi) is 8.10. The number of allylic oxidation sites excluding steroid dienone is 1. The van der Waals surface area contributed by atoms with Gasteiger partial charge in [0.15, 0.2) is 0 Å². The molecule has 6 atom stereocenters. The zero-order chi connectivity index (χ0) is 27.2. The van der Waals surface area contributed by atoms with Gasteiger partial charge in [0.25, 0.3) is 0 Å². The molecule has 0 radical (unpaired) electrons. The first-order chi connectivity index (χ1) is 17.2. The van der Waals surface area contributed by atoms with Crippen LogP contribution in [0.2, 0.25) is 0 Å². The lowest BCUT2D eigenvalue weighted by Gasteiger charge is -2.42. The van der Waals surface area contributed by atoms with E-state index in [1.807, 2.05) is 0 Å². The van der Waals surface area contributed by atoms with Gasteiger partial charge in [-0.15, -0.1) is 0 Å². The van der Waals surface area contributed by atoms with E-state index in [-0.39, 0.29) is 5.41 Å². The minimum absolute atomic E-state index is 0.153. The molecule has 3 aliphatic rings. The van der Waals surface area contributed by atoms with Gasteiger partial charge in [-0.2, -0.15) is 0 Å². The topological polar surface area (TPSA) is 20.3 Å².